The minimum Gasteiger partial charge on any atom is -0.388 e. The molecule has 1 amide bonds. The quantitative estimate of drug-likeness (QED) is 0.672. The number of fused-ring (bicyclic) bond motifs is 1. The summed E-state index contributed by atoms with van der Waals surface area (Å²) in [4.78, 5) is 13.3. The van der Waals surface area contributed by atoms with Crippen molar-refractivity contribution in [2.75, 3.05) is 21.3 Å². The third-order valence-electron chi connectivity index (χ3n) is 2.36. The summed E-state index contributed by atoms with van der Waals surface area (Å²) in [5.74, 6) is 5.94. The Labute approximate surface area is 116 Å². The Balaban J connectivity index is 0.000000573. The van der Waals surface area contributed by atoms with Crippen molar-refractivity contribution in [2.45, 2.75) is 27.3 Å². The molecule has 104 valence electrons. The Morgan fingerprint density at radius 1 is 1.26 bits per heavy atom. The van der Waals surface area contributed by atoms with Gasteiger partial charge >= 0.3 is 0 Å². The maximum Gasteiger partial charge on any atom is 0.254 e. The summed E-state index contributed by atoms with van der Waals surface area (Å²) in [6.07, 6.45) is 0. The van der Waals surface area contributed by atoms with Crippen molar-refractivity contribution in [3.63, 3.8) is 0 Å². The number of rotatable bonds is 0. The number of methoxy groups -OCH3 is 1. The molecule has 0 aliphatic carbocycles. The van der Waals surface area contributed by atoms with E-state index in [0.717, 1.165) is 16.7 Å². The normalized spacial score (nSPS) is 11.3. The number of carbonyl (C=O) groups is 1. The summed E-state index contributed by atoms with van der Waals surface area (Å²) in [7, 11) is 5.06. The van der Waals surface area contributed by atoms with Crippen LogP contribution in [0.4, 0.5) is 0 Å². The van der Waals surface area contributed by atoms with Crippen LogP contribution in [-0.4, -0.2) is 32.1 Å². The van der Waals surface area contributed by atoms with Crippen molar-refractivity contribution in [2.24, 2.45) is 0 Å². The first kappa shape index (κ1) is 17.2. The third kappa shape index (κ3) is 4.76. The van der Waals surface area contributed by atoms with Crippen LogP contribution in [0.2, 0.25) is 0 Å². The fourth-order valence-electron chi connectivity index (χ4n) is 1.69. The van der Waals surface area contributed by atoms with Crippen LogP contribution in [0.1, 0.15) is 42.3 Å². The standard InChI is InChI=1S/C12H11NO.C2H6O.C2H6/c1-3-4-9-5-6-11-10(7-9)8-13(2)12(11)14;1-3-2;1-2/h5-7H,8H2,1-2H3;1-2H3;1-2H3. The van der Waals surface area contributed by atoms with Gasteiger partial charge in [0.05, 0.1) is 0 Å². The third-order valence-corrected chi connectivity index (χ3v) is 2.36. The van der Waals surface area contributed by atoms with Crippen molar-refractivity contribution < 1.29 is 9.53 Å². The maximum absolute atomic E-state index is 11.6. The van der Waals surface area contributed by atoms with Crippen LogP contribution in [0.15, 0.2) is 18.2 Å². The van der Waals surface area contributed by atoms with Crippen LogP contribution in [0.5, 0.6) is 0 Å². The predicted molar refractivity (Wildman–Crippen MR) is 79.1 cm³/mol. The van der Waals surface area contributed by atoms with Crippen molar-refractivity contribution in [1.29, 1.82) is 0 Å². The maximum atomic E-state index is 11.6. The first-order valence-electron chi connectivity index (χ1n) is 6.35. The minimum absolute atomic E-state index is 0.107. The van der Waals surface area contributed by atoms with Crippen molar-refractivity contribution in [3.05, 3.63) is 34.9 Å². The number of hydrogen-bond acceptors (Lipinski definition) is 2. The van der Waals surface area contributed by atoms with Gasteiger partial charge in [-0.05, 0) is 30.7 Å². The average molecular weight is 261 g/mol. The molecule has 0 N–H and O–H groups in total. The summed E-state index contributed by atoms with van der Waals surface area (Å²) in [5.41, 5.74) is 2.88. The Bertz CT molecular complexity index is 469. The molecule has 1 heterocycles. The van der Waals surface area contributed by atoms with Crippen molar-refractivity contribution in [3.8, 4) is 11.8 Å². The molecule has 0 aromatic heterocycles. The van der Waals surface area contributed by atoms with Gasteiger partial charge in [0.25, 0.3) is 5.91 Å². The average Bonchev–Trinajstić information content (AvgIpc) is 2.69. The number of hydrogen-bond donors (Lipinski definition) is 0. The van der Waals surface area contributed by atoms with Gasteiger partial charge in [0.1, 0.15) is 0 Å². The molecule has 1 aromatic rings. The molecule has 0 saturated heterocycles. The molecule has 1 aromatic carbocycles. The Morgan fingerprint density at radius 3 is 2.37 bits per heavy atom. The summed E-state index contributed by atoms with van der Waals surface area (Å²) in [6, 6.07) is 5.75. The SMILES string of the molecule is CC.CC#Cc1ccc2c(c1)CN(C)C2=O.COC. The molecule has 0 radical (unpaired) electrons. The molecule has 0 bridgehead atoms. The van der Waals surface area contributed by atoms with Gasteiger partial charge in [-0.15, -0.1) is 5.92 Å². The summed E-state index contributed by atoms with van der Waals surface area (Å²) in [5, 5.41) is 0. The van der Waals surface area contributed by atoms with Crippen molar-refractivity contribution in [1.82, 2.24) is 4.90 Å². The summed E-state index contributed by atoms with van der Waals surface area (Å²) in [6.45, 7) is 6.51. The molecule has 0 spiro atoms. The van der Waals surface area contributed by atoms with Crippen LogP contribution in [-0.2, 0) is 11.3 Å². The van der Waals surface area contributed by atoms with E-state index >= 15 is 0 Å². The van der Waals surface area contributed by atoms with Gasteiger partial charge in [-0.25, -0.2) is 0 Å². The van der Waals surface area contributed by atoms with Crippen LogP contribution in [0.25, 0.3) is 0 Å². The zero-order valence-corrected chi connectivity index (χ0v) is 12.7. The van der Waals surface area contributed by atoms with Crippen LogP contribution in [0.3, 0.4) is 0 Å². The number of amides is 1. The number of ether oxygens (including phenoxy) is 1. The van der Waals surface area contributed by atoms with E-state index in [1.165, 1.54) is 0 Å². The van der Waals surface area contributed by atoms with E-state index in [0.29, 0.717) is 6.54 Å². The molecule has 2 rings (SSSR count). The van der Waals surface area contributed by atoms with Gasteiger partial charge in [0.15, 0.2) is 0 Å². The number of benzene rings is 1. The van der Waals surface area contributed by atoms with E-state index in [2.05, 4.69) is 16.6 Å². The van der Waals surface area contributed by atoms with Crippen LogP contribution < -0.4 is 0 Å². The molecule has 0 fully saturated rings. The molecule has 3 nitrogen and oxygen atoms in total. The summed E-state index contributed by atoms with van der Waals surface area (Å²) < 4.78 is 4.25. The van der Waals surface area contributed by atoms with E-state index in [4.69, 9.17) is 0 Å². The van der Waals surface area contributed by atoms with Gasteiger partial charge in [0.2, 0.25) is 0 Å². The highest BCUT2D eigenvalue weighted by Gasteiger charge is 2.23. The molecule has 0 atom stereocenters. The fraction of sp³-hybridized carbons (Fsp3) is 0.438. The molecule has 0 unspecified atom stereocenters. The zero-order chi connectivity index (χ0) is 14.8. The lowest BCUT2D eigenvalue weighted by molar-refractivity contribution is 0.0816. The Kier molecular flexibility index (Phi) is 8.32. The van der Waals surface area contributed by atoms with Gasteiger partial charge in [0, 0.05) is 38.9 Å². The van der Waals surface area contributed by atoms with E-state index in [1.807, 2.05) is 46.0 Å². The second kappa shape index (κ2) is 9.18. The van der Waals surface area contributed by atoms with E-state index < -0.39 is 0 Å². The molecule has 0 saturated carbocycles. The highest BCUT2D eigenvalue weighted by atomic mass is 16.4. The van der Waals surface area contributed by atoms with E-state index in [9.17, 15) is 4.79 Å². The largest absolute Gasteiger partial charge is 0.388 e. The lowest BCUT2D eigenvalue weighted by atomic mass is 10.1. The Hall–Kier alpha value is -1.79. The molecule has 19 heavy (non-hydrogen) atoms. The molecule has 1 aliphatic rings. The minimum atomic E-state index is 0.107. The number of carbonyl (C=O) groups excluding carboxylic acids is 1. The van der Waals surface area contributed by atoms with Gasteiger partial charge in [-0.3, -0.25) is 4.79 Å². The topological polar surface area (TPSA) is 29.5 Å². The van der Waals surface area contributed by atoms with Crippen LogP contribution in [0, 0.1) is 11.8 Å². The first-order chi connectivity index (χ1) is 9.13. The molecule has 1 aliphatic heterocycles. The monoisotopic (exact) mass is 261 g/mol. The lowest BCUT2D eigenvalue weighted by Gasteiger charge is -2.04. The van der Waals surface area contributed by atoms with Crippen molar-refractivity contribution >= 4 is 5.91 Å². The zero-order valence-electron chi connectivity index (χ0n) is 12.7. The predicted octanol–water partition coefficient (Wildman–Crippen LogP) is 2.93. The van der Waals surface area contributed by atoms with E-state index in [-0.39, 0.29) is 5.91 Å². The molecular formula is C16H23NO2. The molecular weight excluding hydrogens is 238 g/mol. The second-order valence-electron chi connectivity index (χ2n) is 3.82. The van der Waals surface area contributed by atoms with Gasteiger partial charge in [-0.1, -0.05) is 19.8 Å². The first-order valence-corrected chi connectivity index (χ1v) is 6.35. The Morgan fingerprint density at radius 2 is 1.84 bits per heavy atom. The highest BCUT2D eigenvalue weighted by molar-refractivity contribution is 5.98. The molecule has 3 heteroatoms. The van der Waals surface area contributed by atoms with Crippen LogP contribution >= 0.6 is 0 Å². The highest BCUT2D eigenvalue weighted by Crippen LogP contribution is 2.21. The van der Waals surface area contributed by atoms with Gasteiger partial charge < -0.3 is 9.64 Å². The smallest absolute Gasteiger partial charge is 0.254 e. The summed E-state index contributed by atoms with van der Waals surface area (Å²) >= 11 is 0. The van der Waals surface area contributed by atoms with Gasteiger partial charge in [-0.2, -0.15) is 0 Å². The second-order valence-corrected chi connectivity index (χ2v) is 3.82. The van der Waals surface area contributed by atoms with E-state index in [1.54, 1.807) is 19.1 Å². The number of nitrogens with zero attached hydrogens (tertiary/aromatic N) is 1. The fourth-order valence-corrected chi connectivity index (χ4v) is 1.69. The lowest BCUT2D eigenvalue weighted by Crippen LogP contribution is -2.17.